The molecule has 0 unspecified atom stereocenters. The summed E-state index contributed by atoms with van der Waals surface area (Å²) in [5, 5.41) is 5.70. The first-order valence-corrected chi connectivity index (χ1v) is 10.2. The molecule has 1 aromatic heterocycles. The number of nitrogens with one attached hydrogen (secondary N) is 2. The van der Waals surface area contributed by atoms with Gasteiger partial charge < -0.3 is 16.4 Å². The molecular formula is C25H26N4O2. The van der Waals surface area contributed by atoms with Gasteiger partial charge in [-0.05, 0) is 60.7 Å². The molecule has 1 heterocycles. The highest BCUT2D eigenvalue weighted by molar-refractivity contribution is 6.01. The molecule has 0 aliphatic rings. The SMILES string of the molecule is Nc1ccc(-c2ccccc2)cc1NC(=O)/C=C/CCCCNC(=O)c1cccnc1. The summed E-state index contributed by atoms with van der Waals surface area (Å²) < 4.78 is 0. The van der Waals surface area contributed by atoms with Gasteiger partial charge in [0.1, 0.15) is 0 Å². The maximum atomic E-state index is 12.2. The van der Waals surface area contributed by atoms with Crippen molar-refractivity contribution in [3.63, 3.8) is 0 Å². The first kappa shape index (κ1) is 21.8. The van der Waals surface area contributed by atoms with Crippen molar-refractivity contribution in [3.05, 3.63) is 90.8 Å². The number of hydrogen-bond donors (Lipinski definition) is 3. The molecule has 2 amide bonds. The lowest BCUT2D eigenvalue weighted by Gasteiger charge is -2.09. The van der Waals surface area contributed by atoms with E-state index in [0.717, 1.165) is 30.4 Å². The molecule has 0 aliphatic carbocycles. The van der Waals surface area contributed by atoms with E-state index in [-0.39, 0.29) is 11.8 Å². The smallest absolute Gasteiger partial charge is 0.252 e. The fraction of sp³-hybridized carbons (Fsp3) is 0.160. The van der Waals surface area contributed by atoms with Crippen LogP contribution in [0, 0.1) is 0 Å². The van der Waals surface area contributed by atoms with Gasteiger partial charge in [0, 0.05) is 18.9 Å². The van der Waals surface area contributed by atoms with Crippen LogP contribution in [-0.2, 0) is 4.79 Å². The van der Waals surface area contributed by atoms with Gasteiger partial charge in [-0.15, -0.1) is 0 Å². The van der Waals surface area contributed by atoms with Gasteiger partial charge in [0.2, 0.25) is 5.91 Å². The summed E-state index contributed by atoms with van der Waals surface area (Å²) in [6, 6.07) is 19.0. The van der Waals surface area contributed by atoms with E-state index in [1.165, 1.54) is 6.08 Å². The highest BCUT2D eigenvalue weighted by Gasteiger charge is 2.06. The minimum Gasteiger partial charge on any atom is -0.397 e. The molecule has 31 heavy (non-hydrogen) atoms. The number of anilines is 2. The highest BCUT2D eigenvalue weighted by atomic mass is 16.2. The van der Waals surface area contributed by atoms with Crippen molar-refractivity contribution in [1.29, 1.82) is 0 Å². The van der Waals surface area contributed by atoms with Crippen LogP contribution < -0.4 is 16.4 Å². The van der Waals surface area contributed by atoms with E-state index >= 15 is 0 Å². The molecule has 2 aromatic carbocycles. The normalized spacial score (nSPS) is 10.7. The molecule has 6 heteroatoms. The summed E-state index contributed by atoms with van der Waals surface area (Å²) in [4.78, 5) is 28.1. The number of allylic oxidation sites excluding steroid dienone is 1. The number of pyridine rings is 1. The van der Waals surface area contributed by atoms with Crippen molar-refractivity contribution >= 4 is 23.2 Å². The number of nitrogen functional groups attached to an aromatic ring is 1. The monoisotopic (exact) mass is 414 g/mol. The number of hydrogen-bond acceptors (Lipinski definition) is 4. The highest BCUT2D eigenvalue weighted by Crippen LogP contribution is 2.27. The largest absolute Gasteiger partial charge is 0.397 e. The number of nitrogens with two attached hydrogens (primary N) is 1. The van der Waals surface area contributed by atoms with Crippen LogP contribution in [0.5, 0.6) is 0 Å². The second-order valence-electron chi connectivity index (χ2n) is 7.05. The molecular weight excluding hydrogens is 388 g/mol. The third kappa shape index (κ3) is 6.82. The van der Waals surface area contributed by atoms with Crippen molar-refractivity contribution in [3.8, 4) is 11.1 Å². The standard InChI is InChI=1S/C25H26N4O2/c26-22-14-13-20(19-9-4-3-5-10-19)17-23(22)29-24(30)12-6-1-2-7-16-28-25(31)21-11-8-15-27-18-21/h3-6,8-15,17-18H,1-2,7,16,26H2,(H,28,31)(H,29,30)/b12-6+. The zero-order valence-electron chi connectivity index (χ0n) is 17.3. The van der Waals surface area contributed by atoms with Gasteiger partial charge in [0.05, 0.1) is 16.9 Å². The van der Waals surface area contributed by atoms with Crippen LogP contribution in [0.2, 0.25) is 0 Å². The lowest BCUT2D eigenvalue weighted by atomic mass is 10.0. The summed E-state index contributed by atoms with van der Waals surface area (Å²) in [6.45, 7) is 0.580. The van der Waals surface area contributed by atoms with Gasteiger partial charge in [0.25, 0.3) is 5.91 Å². The van der Waals surface area contributed by atoms with Crippen LogP contribution in [0.15, 0.2) is 85.2 Å². The second-order valence-corrected chi connectivity index (χ2v) is 7.05. The van der Waals surface area contributed by atoms with Crippen molar-refractivity contribution in [2.24, 2.45) is 0 Å². The van der Waals surface area contributed by atoms with Crippen LogP contribution in [0.4, 0.5) is 11.4 Å². The van der Waals surface area contributed by atoms with Gasteiger partial charge in [-0.25, -0.2) is 0 Å². The minimum absolute atomic E-state index is 0.127. The Balaban J connectivity index is 1.40. The van der Waals surface area contributed by atoms with Crippen LogP contribution in [0.1, 0.15) is 29.6 Å². The molecule has 0 spiro atoms. The van der Waals surface area contributed by atoms with E-state index in [1.54, 1.807) is 30.6 Å². The lowest BCUT2D eigenvalue weighted by molar-refractivity contribution is -0.111. The molecule has 0 saturated carbocycles. The van der Waals surface area contributed by atoms with Gasteiger partial charge >= 0.3 is 0 Å². The zero-order valence-corrected chi connectivity index (χ0v) is 17.3. The molecule has 4 N–H and O–H groups in total. The zero-order chi connectivity index (χ0) is 21.9. The molecule has 0 fully saturated rings. The molecule has 0 atom stereocenters. The average Bonchev–Trinajstić information content (AvgIpc) is 2.81. The number of rotatable bonds is 9. The van der Waals surface area contributed by atoms with E-state index in [2.05, 4.69) is 15.6 Å². The Hall–Kier alpha value is -3.93. The van der Waals surface area contributed by atoms with Crippen LogP contribution in [0.25, 0.3) is 11.1 Å². The van der Waals surface area contributed by atoms with E-state index in [0.29, 0.717) is 23.5 Å². The fourth-order valence-corrected chi connectivity index (χ4v) is 3.03. The number of amides is 2. The molecule has 0 aliphatic heterocycles. The summed E-state index contributed by atoms with van der Waals surface area (Å²) in [7, 11) is 0. The summed E-state index contributed by atoms with van der Waals surface area (Å²) in [5.74, 6) is -0.347. The Kier molecular flexibility index (Phi) is 7.94. The molecule has 0 saturated heterocycles. The molecule has 0 radical (unpaired) electrons. The Morgan fingerprint density at radius 3 is 2.58 bits per heavy atom. The number of carbonyl (C=O) groups excluding carboxylic acids is 2. The third-order valence-electron chi connectivity index (χ3n) is 4.69. The Labute approximate surface area is 182 Å². The van der Waals surface area contributed by atoms with Crippen LogP contribution in [0.3, 0.4) is 0 Å². The number of benzene rings is 2. The van der Waals surface area contributed by atoms with Crippen LogP contribution >= 0.6 is 0 Å². The van der Waals surface area contributed by atoms with Crippen molar-refractivity contribution < 1.29 is 9.59 Å². The number of carbonyl (C=O) groups is 2. The predicted octanol–water partition coefficient (Wildman–Crippen LogP) is 4.43. The number of aromatic nitrogens is 1. The maximum Gasteiger partial charge on any atom is 0.252 e. The topological polar surface area (TPSA) is 97.1 Å². The summed E-state index contributed by atoms with van der Waals surface area (Å²) in [5.41, 5.74) is 9.72. The average molecular weight is 415 g/mol. The molecule has 6 nitrogen and oxygen atoms in total. The van der Waals surface area contributed by atoms with Gasteiger partial charge in [-0.3, -0.25) is 14.6 Å². The lowest BCUT2D eigenvalue weighted by Crippen LogP contribution is -2.24. The third-order valence-corrected chi connectivity index (χ3v) is 4.69. The molecule has 158 valence electrons. The van der Waals surface area contributed by atoms with Gasteiger partial charge in [-0.1, -0.05) is 42.5 Å². The maximum absolute atomic E-state index is 12.2. The second kappa shape index (κ2) is 11.3. The fourth-order valence-electron chi connectivity index (χ4n) is 3.03. The van der Waals surface area contributed by atoms with Gasteiger partial charge in [-0.2, -0.15) is 0 Å². The Morgan fingerprint density at radius 2 is 1.81 bits per heavy atom. The Morgan fingerprint density at radius 1 is 0.968 bits per heavy atom. The molecule has 3 aromatic rings. The number of unbranched alkanes of at least 4 members (excludes halogenated alkanes) is 2. The molecule has 3 rings (SSSR count). The number of nitrogens with zero attached hydrogens (tertiary/aromatic N) is 1. The Bertz CT molecular complexity index is 1030. The van der Waals surface area contributed by atoms with E-state index in [4.69, 9.17) is 5.73 Å². The van der Waals surface area contributed by atoms with Crippen molar-refractivity contribution in [2.75, 3.05) is 17.6 Å². The first-order valence-electron chi connectivity index (χ1n) is 10.2. The summed E-state index contributed by atoms with van der Waals surface area (Å²) in [6.07, 6.45) is 8.95. The van der Waals surface area contributed by atoms with E-state index in [9.17, 15) is 9.59 Å². The van der Waals surface area contributed by atoms with E-state index in [1.807, 2.05) is 48.5 Å². The minimum atomic E-state index is -0.221. The summed E-state index contributed by atoms with van der Waals surface area (Å²) >= 11 is 0. The van der Waals surface area contributed by atoms with Crippen molar-refractivity contribution in [2.45, 2.75) is 19.3 Å². The van der Waals surface area contributed by atoms with Crippen LogP contribution in [-0.4, -0.2) is 23.3 Å². The quantitative estimate of drug-likeness (QED) is 0.274. The predicted molar refractivity (Wildman–Crippen MR) is 124 cm³/mol. The van der Waals surface area contributed by atoms with Crippen molar-refractivity contribution in [1.82, 2.24) is 10.3 Å². The molecule has 0 bridgehead atoms. The first-order chi connectivity index (χ1) is 15.1. The van der Waals surface area contributed by atoms with E-state index < -0.39 is 0 Å². The van der Waals surface area contributed by atoms with Gasteiger partial charge in [0.15, 0.2) is 0 Å².